The van der Waals surface area contributed by atoms with Gasteiger partial charge in [-0.25, -0.2) is 4.79 Å². The average Bonchev–Trinajstić information content (AvgIpc) is 2.79. The zero-order valence-corrected chi connectivity index (χ0v) is 10.4. The average molecular weight is 260 g/mol. The zero-order valence-electron chi connectivity index (χ0n) is 10.4. The van der Waals surface area contributed by atoms with Crippen LogP contribution in [0.25, 0.3) is 10.9 Å². The molecule has 0 spiro atoms. The van der Waals surface area contributed by atoms with Crippen LogP contribution in [-0.4, -0.2) is 26.9 Å². The number of carbonyl (C=O) groups is 1. The molecule has 2 heterocycles. The van der Waals surface area contributed by atoms with Gasteiger partial charge in [-0.3, -0.25) is 0 Å². The lowest BCUT2D eigenvalue weighted by molar-refractivity contribution is 0.0307. The second-order valence-corrected chi connectivity index (χ2v) is 4.84. The van der Waals surface area contributed by atoms with Gasteiger partial charge in [0.05, 0.1) is 11.7 Å². The second kappa shape index (κ2) is 3.47. The normalized spacial score (nSPS) is 17.6. The first-order valence-electron chi connectivity index (χ1n) is 5.68. The van der Waals surface area contributed by atoms with E-state index in [2.05, 4.69) is 10.3 Å². The number of oxime groups is 1. The summed E-state index contributed by atoms with van der Waals surface area (Å²) in [5.74, 6) is -0.0251. The minimum Gasteiger partial charge on any atom is -0.437 e. The van der Waals surface area contributed by atoms with Crippen molar-refractivity contribution in [1.29, 1.82) is 0 Å². The topological polar surface area (TPSA) is 103 Å². The van der Waals surface area contributed by atoms with Crippen LogP contribution in [0.3, 0.4) is 0 Å². The molecule has 0 saturated carbocycles. The van der Waals surface area contributed by atoms with Crippen LogP contribution in [0.2, 0.25) is 0 Å². The van der Waals surface area contributed by atoms with E-state index in [1.165, 1.54) is 10.9 Å². The van der Waals surface area contributed by atoms with Gasteiger partial charge in [0.25, 0.3) is 0 Å². The van der Waals surface area contributed by atoms with Gasteiger partial charge in [0.15, 0.2) is 5.84 Å². The van der Waals surface area contributed by atoms with E-state index < -0.39 is 11.7 Å². The van der Waals surface area contributed by atoms with Crippen molar-refractivity contribution in [1.82, 2.24) is 9.78 Å². The molecule has 0 saturated heterocycles. The van der Waals surface area contributed by atoms with Gasteiger partial charge in [0, 0.05) is 16.5 Å². The molecule has 0 fully saturated rings. The molecule has 3 rings (SSSR count). The minimum absolute atomic E-state index is 0.0251. The van der Waals surface area contributed by atoms with Gasteiger partial charge in [-0.2, -0.15) is 9.78 Å². The highest BCUT2D eigenvalue weighted by atomic mass is 16.6. The van der Waals surface area contributed by atoms with Crippen LogP contribution in [0.5, 0.6) is 0 Å². The third-order valence-corrected chi connectivity index (χ3v) is 3.28. The van der Waals surface area contributed by atoms with Gasteiger partial charge >= 0.3 is 6.09 Å². The van der Waals surface area contributed by atoms with E-state index in [1.807, 2.05) is 0 Å². The van der Waals surface area contributed by atoms with Crippen molar-refractivity contribution in [2.75, 3.05) is 0 Å². The Morgan fingerprint density at radius 3 is 2.95 bits per heavy atom. The van der Waals surface area contributed by atoms with Crippen molar-refractivity contribution in [2.24, 2.45) is 10.9 Å². The molecule has 3 N–H and O–H groups in total. The zero-order chi connectivity index (χ0) is 13.8. The predicted octanol–water partition coefficient (Wildman–Crippen LogP) is 1.36. The maximum absolute atomic E-state index is 11.9. The van der Waals surface area contributed by atoms with E-state index in [4.69, 9.17) is 15.7 Å². The Hall–Kier alpha value is -2.57. The molecule has 0 atom stereocenters. The van der Waals surface area contributed by atoms with Crippen molar-refractivity contribution in [3.8, 4) is 0 Å². The summed E-state index contributed by atoms with van der Waals surface area (Å²) in [6.45, 7) is 3.61. The number of hydrogen-bond acceptors (Lipinski definition) is 5. The van der Waals surface area contributed by atoms with Crippen molar-refractivity contribution < 1.29 is 14.7 Å². The second-order valence-electron chi connectivity index (χ2n) is 4.84. The molecular weight excluding hydrogens is 248 g/mol. The number of rotatable bonds is 1. The summed E-state index contributed by atoms with van der Waals surface area (Å²) in [7, 11) is 0. The van der Waals surface area contributed by atoms with E-state index in [0.717, 1.165) is 5.56 Å². The molecule has 0 radical (unpaired) electrons. The van der Waals surface area contributed by atoms with Gasteiger partial charge < -0.3 is 15.7 Å². The molecule has 0 amide bonds. The fraction of sp³-hybridized carbons (Fsp3) is 0.250. The number of nitrogens with zero attached hydrogens (tertiary/aromatic N) is 3. The smallest absolute Gasteiger partial charge is 0.436 e. The number of ether oxygens (including phenoxy) is 1. The SMILES string of the molecule is CC1(C)OC(=O)n2ncc3c(/C(N)=N\O)ccc1c32. The summed E-state index contributed by atoms with van der Waals surface area (Å²) in [4.78, 5) is 11.9. The first kappa shape index (κ1) is 11.5. The van der Waals surface area contributed by atoms with Crippen LogP contribution in [0.15, 0.2) is 23.5 Å². The number of benzene rings is 1. The first-order valence-corrected chi connectivity index (χ1v) is 5.68. The number of cyclic esters (lactones) is 1. The Balaban J connectivity index is 2.43. The minimum atomic E-state index is -0.741. The molecule has 2 aromatic rings. The molecule has 1 aromatic heterocycles. The number of aromatic nitrogens is 2. The largest absolute Gasteiger partial charge is 0.437 e. The van der Waals surface area contributed by atoms with Gasteiger partial charge in [-0.05, 0) is 19.9 Å². The standard InChI is InChI=1S/C12H12N4O3/c1-12(2)8-4-3-6(10(13)15-18)7-5-14-16(9(7)8)11(17)19-12/h3-5,18H,1-2H3,(H2,13,15). The highest BCUT2D eigenvalue weighted by molar-refractivity contribution is 6.10. The maximum Gasteiger partial charge on any atom is 0.436 e. The number of hydrogen-bond donors (Lipinski definition) is 2. The summed E-state index contributed by atoms with van der Waals surface area (Å²) in [5.41, 5.74) is 6.87. The van der Waals surface area contributed by atoms with Crippen LogP contribution in [-0.2, 0) is 10.3 Å². The highest BCUT2D eigenvalue weighted by Gasteiger charge is 2.36. The van der Waals surface area contributed by atoms with Crippen LogP contribution in [0, 0.1) is 0 Å². The van der Waals surface area contributed by atoms with E-state index in [0.29, 0.717) is 16.5 Å². The summed E-state index contributed by atoms with van der Waals surface area (Å²) in [5, 5.41) is 16.4. The number of amidine groups is 1. The summed E-state index contributed by atoms with van der Waals surface area (Å²) in [6.07, 6.45) is 0.971. The summed E-state index contributed by atoms with van der Waals surface area (Å²) >= 11 is 0. The molecule has 0 bridgehead atoms. The molecule has 1 aromatic carbocycles. The molecule has 7 nitrogen and oxygen atoms in total. The monoisotopic (exact) mass is 260 g/mol. The maximum atomic E-state index is 11.9. The molecular formula is C12H12N4O3. The Kier molecular flexibility index (Phi) is 2.10. The lowest BCUT2D eigenvalue weighted by atomic mass is 9.93. The highest BCUT2D eigenvalue weighted by Crippen LogP contribution is 2.36. The van der Waals surface area contributed by atoms with Crippen LogP contribution in [0.4, 0.5) is 4.79 Å². The van der Waals surface area contributed by atoms with Gasteiger partial charge in [-0.1, -0.05) is 11.2 Å². The van der Waals surface area contributed by atoms with Crippen LogP contribution < -0.4 is 5.73 Å². The third-order valence-electron chi connectivity index (χ3n) is 3.28. The van der Waals surface area contributed by atoms with Crippen molar-refractivity contribution in [3.63, 3.8) is 0 Å². The van der Waals surface area contributed by atoms with Crippen molar-refractivity contribution >= 4 is 22.8 Å². The quantitative estimate of drug-likeness (QED) is 0.349. The molecule has 98 valence electrons. The van der Waals surface area contributed by atoms with Crippen molar-refractivity contribution in [3.05, 3.63) is 29.5 Å². The molecule has 0 aliphatic carbocycles. The van der Waals surface area contributed by atoms with E-state index in [-0.39, 0.29) is 5.84 Å². The van der Waals surface area contributed by atoms with Crippen LogP contribution in [0.1, 0.15) is 25.0 Å². The lowest BCUT2D eigenvalue weighted by Crippen LogP contribution is -2.34. The van der Waals surface area contributed by atoms with Crippen molar-refractivity contribution in [2.45, 2.75) is 19.4 Å². The first-order chi connectivity index (χ1) is 8.95. The fourth-order valence-corrected chi connectivity index (χ4v) is 2.36. The van der Waals surface area contributed by atoms with Gasteiger partial charge in [0.2, 0.25) is 0 Å². The Labute approximate surface area is 108 Å². The summed E-state index contributed by atoms with van der Waals surface area (Å²) < 4.78 is 6.51. The lowest BCUT2D eigenvalue weighted by Gasteiger charge is -2.30. The Morgan fingerprint density at radius 1 is 1.53 bits per heavy atom. The molecule has 1 aliphatic rings. The number of carbonyl (C=O) groups excluding carboxylic acids is 1. The van der Waals surface area contributed by atoms with E-state index in [1.54, 1.807) is 26.0 Å². The Morgan fingerprint density at radius 2 is 2.26 bits per heavy atom. The Bertz CT molecular complexity index is 730. The molecule has 7 heteroatoms. The number of nitrogens with two attached hydrogens (primary N) is 1. The van der Waals surface area contributed by atoms with E-state index in [9.17, 15) is 4.79 Å². The summed E-state index contributed by atoms with van der Waals surface area (Å²) in [6, 6.07) is 3.51. The van der Waals surface area contributed by atoms with Gasteiger partial charge in [-0.15, -0.1) is 0 Å². The van der Waals surface area contributed by atoms with E-state index >= 15 is 0 Å². The molecule has 1 aliphatic heterocycles. The molecule has 0 unspecified atom stereocenters. The third kappa shape index (κ3) is 1.41. The predicted molar refractivity (Wildman–Crippen MR) is 67.1 cm³/mol. The fourth-order valence-electron chi connectivity index (χ4n) is 2.36. The molecule has 19 heavy (non-hydrogen) atoms. The van der Waals surface area contributed by atoms with Gasteiger partial charge in [0.1, 0.15) is 5.60 Å². The van der Waals surface area contributed by atoms with Crippen LogP contribution >= 0.6 is 0 Å².